The molecule has 1 heterocycles. The maximum Gasteiger partial charge on any atom is 0.230 e. The van der Waals surface area contributed by atoms with E-state index in [0.717, 1.165) is 6.42 Å². The van der Waals surface area contributed by atoms with Gasteiger partial charge in [-0.15, -0.1) is 5.01 Å². The minimum Gasteiger partial charge on any atom is -0.569 e. The summed E-state index contributed by atoms with van der Waals surface area (Å²) in [6.07, 6.45) is 0.769. The fourth-order valence-electron chi connectivity index (χ4n) is 1.17. The number of hydrogen-bond donors (Lipinski definition) is 2. The molecule has 1 fully saturated rings. The highest BCUT2D eigenvalue weighted by molar-refractivity contribution is 4.68. The molecule has 1 atom stereocenters. The first-order valence-corrected chi connectivity index (χ1v) is 3.46. The van der Waals surface area contributed by atoms with Gasteiger partial charge in [0, 0.05) is 12.5 Å². The smallest absolute Gasteiger partial charge is 0.230 e. The van der Waals surface area contributed by atoms with Crippen molar-refractivity contribution < 1.29 is 15.3 Å². The van der Waals surface area contributed by atoms with Crippen LogP contribution in [0.15, 0.2) is 5.28 Å². The molecule has 1 rings (SSSR count). The molecule has 1 unspecified atom stereocenters. The molecule has 1 aliphatic heterocycles. The summed E-state index contributed by atoms with van der Waals surface area (Å²) in [7, 11) is 0. The molecule has 0 spiro atoms. The van der Waals surface area contributed by atoms with E-state index in [1.54, 1.807) is 0 Å². The lowest BCUT2D eigenvalue weighted by Crippen LogP contribution is -2.28. The Morgan fingerprint density at radius 3 is 2.91 bits per heavy atom. The molecule has 0 radical (unpaired) electrons. The van der Waals surface area contributed by atoms with E-state index in [9.17, 15) is 5.21 Å². The molecule has 2 N–H and O–H groups in total. The Labute approximate surface area is 63.9 Å². The van der Waals surface area contributed by atoms with E-state index in [1.165, 1.54) is 5.01 Å². The van der Waals surface area contributed by atoms with Crippen LogP contribution in [0.3, 0.4) is 0 Å². The molecular weight excluding hydrogens is 150 g/mol. The van der Waals surface area contributed by atoms with Gasteiger partial charge in [-0.2, -0.15) is 0 Å². The van der Waals surface area contributed by atoms with Crippen molar-refractivity contribution in [3.63, 3.8) is 0 Å². The van der Waals surface area contributed by atoms with E-state index in [0.29, 0.717) is 13.1 Å². The van der Waals surface area contributed by atoms with Crippen LogP contribution in [-0.2, 0) is 0 Å². The van der Waals surface area contributed by atoms with Crippen LogP contribution in [0.1, 0.15) is 6.42 Å². The third-order valence-corrected chi connectivity index (χ3v) is 1.84. The first-order chi connectivity index (χ1) is 5.27. The molecule has 0 aromatic heterocycles. The summed E-state index contributed by atoms with van der Waals surface area (Å²) in [5.74, 6) is 0.133. The monoisotopic (exact) mass is 161 g/mol. The highest BCUT2D eigenvalue weighted by Gasteiger charge is 2.27. The quantitative estimate of drug-likeness (QED) is 0.327. The molecule has 64 valence electrons. The third kappa shape index (κ3) is 1.70. The Balaban J connectivity index is 2.41. The van der Waals surface area contributed by atoms with E-state index in [4.69, 9.17) is 10.3 Å². The van der Waals surface area contributed by atoms with Gasteiger partial charge in [-0.1, -0.05) is 0 Å². The minimum absolute atomic E-state index is 0.0791. The Hall–Kier alpha value is -1.04. The zero-order valence-corrected chi connectivity index (χ0v) is 6.05. The van der Waals surface area contributed by atoms with Crippen molar-refractivity contribution in [2.24, 2.45) is 11.2 Å². The van der Waals surface area contributed by atoms with Crippen LogP contribution in [0.2, 0.25) is 0 Å². The van der Waals surface area contributed by atoms with E-state index in [-0.39, 0.29) is 17.5 Å². The van der Waals surface area contributed by atoms with Gasteiger partial charge in [-0.3, -0.25) is 0 Å². The van der Waals surface area contributed by atoms with Gasteiger partial charge in [0.25, 0.3) is 0 Å². The summed E-state index contributed by atoms with van der Waals surface area (Å²) in [5.41, 5.74) is 0. The van der Waals surface area contributed by atoms with E-state index < -0.39 is 0 Å². The summed E-state index contributed by atoms with van der Waals surface area (Å²) in [6, 6.07) is 0. The van der Waals surface area contributed by atoms with Gasteiger partial charge in [0.05, 0.1) is 18.1 Å². The number of hydrogen-bond acceptors (Lipinski definition) is 3. The van der Waals surface area contributed by atoms with Crippen LogP contribution in [0.4, 0.5) is 0 Å². The Morgan fingerprint density at radius 1 is 1.73 bits per heavy atom. The maximum absolute atomic E-state index is 10.6. The molecule has 6 nitrogen and oxygen atoms in total. The summed E-state index contributed by atoms with van der Waals surface area (Å²) < 4.78 is 0. The van der Waals surface area contributed by atoms with E-state index in [1.807, 2.05) is 0 Å². The number of aliphatic hydroxyl groups is 1. The molecule has 0 bridgehead atoms. The van der Waals surface area contributed by atoms with Crippen LogP contribution < -0.4 is 0 Å². The molecule has 0 saturated carbocycles. The largest absolute Gasteiger partial charge is 0.569 e. The number of aliphatic hydroxyl groups excluding tert-OH is 1. The molecule has 0 aromatic carbocycles. The van der Waals surface area contributed by atoms with Crippen LogP contribution in [0.5, 0.6) is 0 Å². The molecular formula is C5H11N3O3. The SMILES string of the molecule is [O-]/[N+](=N/O)N1CCC(CO)C1. The molecule has 0 aliphatic carbocycles. The van der Waals surface area contributed by atoms with Crippen molar-refractivity contribution in [2.45, 2.75) is 6.42 Å². The van der Waals surface area contributed by atoms with Crippen molar-refractivity contribution in [1.82, 2.24) is 5.01 Å². The summed E-state index contributed by atoms with van der Waals surface area (Å²) in [6.45, 7) is 1.08. The van der Waals surface area contributed by atoms with Crippen molar-refractivity contribution in [2.75, 3.05) is 19.7 Å². The number of nitrogens with zero attached hydrogens (tertiary/aromatic N) is 3. The zero-order chi connectivity index (χ0) is 8.27. The van der Waals surface area contributed by atoms with Gasteiger partial charge in [0.15, 0.2) is 0 Å². The summed E-state index contributed by atoms with van der Waals surface area (Å²) in [4.78, 5) is 0.148. The van der Waals surface area contributed by atoms with E-state index >= 15 is 0 Å². The van der Waals surface area contributed by atoms with Crippen LogP contribution >= 0.6 is 0 Å². The van der Waals surface area contributed by atoms with E-state index in [2.05, 4.69) is 5.28 Å². The minimum atomic E-state index is 0.0791. The van der Waals surface area contributed by atoms with Gasteiger partial charge in [-0.25, -0.2) is 0 Å². The predicted molar refractivity (Wildman–Crippen MR) is 34.6 cm³/mol. The first-order valence-electron chi connectivity index (χ1n) is 3.46. The molecule has 0 amide bonds. The van der Waals surface area contributed by atoms with Crippen LogP contribution in [0.25, 0.3) is 0 Å². The highest BCUT2D eigenvalue weighted by atomic mass is 16.6. The second kappa shape index (κ2) is 3.38. The molecule has 11 heavy (non-hydrogen) atoms. The fourth-order valence-corrected chi connectivity index (χ4v) is 1.17. The molecule has 6 heteroatoms. The van der Waals surface area contributed by atoms with Gasteiger partial charge >= 0.3 is 0 Å². The lowest BCUT2D eigenvalue weighted by molar-refractivity contribution is -0.706. The highest BCUT2D eigenvalue weighted by Crippen LogP contribution is 2.14. The molecule has 1 saturated heterocycles. The predicted octanol–water partition coefficient (Wildman–Crippen LogP) is -0.433. The van der Waals surface area contributed by atoms with Gasteiger partial charge in [0.1, 0.15) is 0 Å². The van der Waals surface area contributed by atoms with Gasteiger partial charge < -0.3 is 15.5 Å². The number of rotatable bonds is 2. The second-order valence-corrected chi connectivity index (χ2v) is 2.59. The second-order valence-electron chi connectivity index (χ2n) is 2.59. The standard InChI is InChI=1S/C5H11N3O3/c9-4-5-1-2-7(3-5)8(11)6-10/h5,9-10H,1-4H2/b8-6+. The normalized spacial score (nSPS) is 26.1. The zero-order valence-electron chi connectivity index (χ0n) is 6.05. The number of hydrazine groups is 1. The Bertz CT molecular complexity index is 161. The average Bonchev–Trinajstić information content (AvgIpc) is 2.50. The van der Waals surface area contributed by atoms with Gasteiger partial charge in [0.2, 0.25) is 5.28 Å². The average molecular weight is 161 g/mol. The van der Waals surface area contributed by atoms with Crippen molar-refractivity contribution in [3.8, 4) is 0 Å². The fraction of sp³-hybridized carbons (Fsp3) is 1.00. The van der Waals surface area contributed by atoms with Crippen molar-refractivity contribution in [1.29, 1.82) is 0 Å². The topological polar surface area (TPSA) is 82.1 Å². The molecule has 1 aliphatic rings. The lowest BCUT2D eigenvalue weighted by atomic mass is 10.1. The first kappa shape index (κ1) is 8.06. The summed E-state index contributed by atoms with van der Waals surface area (Å²) >= 11 is 0. The molecule has 0 aromatic rings. The van der Waals surface area contributed by atoms with Crippen LogP contribution in [0, 0.1) is 11.1 Å². The third-order valence-electron chi connectivity index (χ3n) is 1.84. The lowest BCUT2D eigenvalue weighted by Gasteiger charge is -2.09. The Morgan fingerprint density at radius 2 is 2.45 bits per heavy atom. The van der Waals surface area contributed by atoms with Gasteiger partial charge in [-0.05, 0) is 6.42 Å². The Kier molecular flexibility index (Phi) is 2.48. The van der Waals surface area contributed by atoms with Crippen molar-refractivity contribution in [3.05, 3.63) is 5.21 Å². The maximum atomic E-state index is 10.6. The van der Waals surface area contributed by atoms with Crippen LogP contribution in [-0.4, -0.2) is 40.0 Å². The summed E-state index contributed by atoms with van der Waals surface area (Å²) in [5, 5.41) is 31.2. The van der Waals surface area contributed by atoms with Crippen molar-refractivity contribution >= 4 is 0 Å².